The van der Waals surface area contributed by atoms with E-state index in [9.17, 15) is 19.6 Å². The lowest BCUT2D eigenvalue weighted by atomic mass is 9.85. The molecule has 0 bridgehead atoms. The second-order valence-electron chi connectivity index (χ2n) is 9.96. The highest BCUT2D eigenvalue weighted by Gasteiger charge is 2.30. The van der Waals surface area contributed by atoms with E-state index in [2.05, 4.69) is 21.7 Å². The number of esters is 1. The lowest BCUT2D eigenvalue weighted by molar-refractivity contribution is -0.117. The molecule has 4 aromatic rings. The molecule has 1 saturated carbocycles. The summed E-state index contributed by atoms with van der Waals surface area (Å²) in [6, 6.07) is 19.3. The van der Waals surface area contributed by atoms with E-state index in [0.29, 0.717) is 32.3 Å². The highest BCUT2D eigenvalue weighted by atomic mass is 32.1. The molecule has 0 unspecified atom stereocenters. The molecule has 40 heavy (non-hydrogen) atoms. The summed E-state index contributed by atoms with van der Waals surface area (Å²) in [7, 11) is 1.28. The Balaban J connectivity index is 1.39. The van der Waals surface area contributed by atoms with Crippen molar-refractivity contribution in [3.8, 4) is 17.6 Å². The first-order valence-corrected chi connectivity index (χ1v) is 13.4. The number of fused-ring (bicyclic) bond motifs is 1. The molecule has 202 valence electrons. The summed E-state index contributed by atoms with van der Waals surface area (Å²) in [6.45, 7) is 3.59. The van der Waals surface area contributed by atoms with Crippen LogP contribution in [0.15, 0.2) is 60.7 Å². The quantitative estimate of drug-likeness (QED) is 0.245. The number of carbonyl (C=O) groups is 3. The van der Waals surface area contributed by atoms with Crippen molar-refractivity contribution in [2.75, 3.05) is 17.7 Å². The minimum absolute atomic E-state index is 0.0205. The van der Waals surface area contributed by atoms with Gasteiger partial charge in [0.05, 0.1) is 28.8 Å². The predicted octanol–water partition coefficient (Wildman–Crippen LogP) is 6.28. The normalized spacial score (nSPS) is 12.8. The number of rotatable bonds is 8. The summed E-state index contributed by atoms with van der Waals surface area (Å²) in [4.78, 5) is 42.4. The first-order valence-electron chi connectivity index (χ1n) is 12.6. The number of carbonyl (C=O) groups excluding carboxylic acids is 3. The Kier molecular flexibility index (Phi) is 7.24. The number of ether oxygens (including phenoxy) is 2. The highest BCUT2D eigenvalue weighted by Crippen LogP contribution is 2.38. The van der Waals surface area contributed by atoms with E-state index in [4.69, 9.17) is 9.47 Å². The largest absolute Gasteiger partial charge is 0.465 e. The molecule has 1 aliphatic carbocycles. The van der Waals surface area contributed by atoms with E-state index in [1.165, 1.54) is 18.4 Å². The van der Waals surface area contributed by atoms with Gasteiger partial charge in [0.15, 0.2) is 5.13 Å². The van der Waals surface area contributed by atoms with Crippen LogP contribution in [0.5, 0.6) is 11.5 Å². The maximum atomic E-state index is 13.0. The van der Waals surface area contributed by atoms with Crippen molar-refractivity contribution in [3.05, 3.63) is 77.4 Å². The maximum Gasteiger partial charge on any atom is 0.343 e. The fraction of sp³-hybridized carbons (Fsp3) is 0.233. The third-order valence-corrected chi connectivity index (χ3v) is 7.54. The Bertz CT molecular complexity index is 1680. The van der Waals surface area contributed by atoms with Crippen LogP contribution in [0, 0.1) is 17.2 Å². The predicted molar refractivity (Wildman–Crippen MR) is 152 cm³/mol. The van der Waals surface area contributed by atoms with Gasteiger partial charge in [0.1, 0.15) is 17.1 Å². The average Bonchev–Trinajstić information content (AvgIpc) is 3.73. The summed E-state index contributed by atoms with van der Waals surface area (Å²) in [6.07, 6.45) is 1.74. The van der Waals surface area contributed by atoms with Crippen LogP contribution in [0.4, 0.5) is 10.8 Å². The van der Waals surface area contributed by atoms with Crippen molar-refractivity contribution in [1.82, 2.24) is 4.98 Å². The number of hydrogen-bond donors (Lipinski definition) is 2. The molecular formula is C30H26N4O5S. The number of nitrogens with zero attached hydrogens (tertiary/aromatic N) is 2. The highest BCUT2D eigenvalue weighted by molar-refractivity contribution is 7.22. The fourth-order valence-electron chi connectivity index (χ4n) is 4.04. The van der Waals surface area contributed by atoms with Crippen LogP contribution in [0.3, 0.4) is 0 Å². The Morgan fingerprint density at radius 3 is 2.55 bits per heavy atom. The van der Waals surface area contributed by atoms with Crippen molar-refractivity contribution in [3.63, 3.8) is 0 Å². The molecule has 1 fully saturated rings. The van der Waals surface area contributed by atoms with Crippen LogP contribution in [0.1, 0.15) is 53.0 Å². The molecule has 2 N–H and O–H groups in total. The number of anilines is 2. The molecule has 0 saturated heterocycles. The first-order chi connectivity index (χ1) is 19.2. The fourth-order valence-corrected chi connectivity index (χ4v) is 5.04. The SMILES string of the molecule is COC(=O)c1c(Oc2cccc(NC(=O)c3cccc(C(C)(C)C#N)c3)c2)ccc2nc(NC(=O)C3CC3)sc12. The van der Waals surface area contributed by atoms with E-state index in [0.717, 1.165) is 18.4 Å². The van der Waals surface area contributed by atoms with Gasteiger partial charge in [0.25, 0.3) is 5.91 Å². The molecule has 0 aliphatic heterocycles. The van der Waals surface area contributed by atoms with Gasteiger partial charge in [-0.15, -0.1) is 0 Å². The van der Waals surface area contributed by atoms with Gasteiger partial charge in [-0.1, -0.05) is 29.5 Å². The molecule has 1 heterocycles. The van der Waals surface area contributed by atoms with E-state index >= 15 is 0 Å². The lowest BCUT2D eigenvalue weighted by Gasteiger charge is -2.16. The number of benzene rings is 3. The lowest BCUT2D eigenvalue weighted by Crippen LogP contribution is -2.17. The van der Waals surface area contributed by atoms with Gasteiger partial charge in [-0.25, -0.2) is 9.78 Å². The minimum atomic E-state index is -0.732. The standard InChI is InChI=1S/C30H26N4O5S/c1-30(2,16-31)19-7-4-6-18(14-19)27(36)32-20-8-5-9-21(15-20)39-23-13-12-22-25(24(23)28(37)38-3)40-29(33-22)34-26(35)17-10-11-17/h4-9,12-15,17H,10-11H2,1-3H3,(H,32,36)(H,33,34,35). The van der Waals surface area contributed by atoms with Crippen molar-refractivity contribution in [2.45, 2.75) is 32.1 Å². The molecule has 1 aliphatic rings. The Morgan fingerprint density at radius 1 is 1.05 bits per heavy atom. The van der Waals surface area contributed by atoms with Crippen LogP contribution in [-0.2, 0) is 14.9 Å². The van der Waals surface area contributed by atoms with Crippen molar-refractivity contribution >= 4 is 50.2 Å². The Labute approximate surface area is 234 Å². The van der Waals surface area contributed by atoms with Crippen molar-refractivity contribution in [2.24, 2.45) is 5.92 Å². The van der Waals surface area contributed by atoms with Crippen LogP contribution in [0.25, 0.3) is 10.2 Å². The molecule has 3 aromatic carbocycles. The van der Waals surface area contributed by atoms with E-state index in [1.54, 1.807) is 68.4 Å². The van der Waals surface area contributed by atoms with Gasteiger partial charge in [-0.2, -0.15) is 5.26 Å². The second kappa shape index (κ2) is 10.8. The maximum absolute atomic E-state index is 13.0. The Hall–Kier alpha value is -4.75. The summed E-state index contributed by atoms with van der Waals surface area (Å²) in [5.74, 6) is -0.364. The molecule has 5 rings (SSSR count). The number of nitriles is 1. The molecule has 0 radical (unpaired) electrons. The van der Waals surface area contributed by atoms with Crippen molar-refractivity contribution < 1.29 is 23.9 Å². The third kappa shape index (κ3) is 5.65. The number of methoxy groups -OCH3 is 1. The number of aromatic nitrogens is 1. The van der Waals surface area contributed by atoms with E-state index in [-0.39, 0.29) is 29.0 Å². The second-order valence-corrected chi connectivity index (χ2v) is 11.0. The zero-order valence-electron chi connectivity index (χ0n) is 22.1. The molecule has 0 spiro atoms. The summed E-state index contributed by atoms with van der Waals surface area (Å²) in [5, 5.41) is 15.5. The van der Waals surface area contributed by atoms with E-state index in [1.807, 2.05) is 6.07 Å². The molecule has 9 nitrogen and oxygen atoms in total. The summed E-state index contributed by atoms with van der Waals surface area (Å²) < 4.78 is 11.6. The van der Waals surface area contributed by atoms with Crippen LogP contribution < -0.4 is 15.4 Å². The van der Waals surface area contributed by atoms with Gasteiger partial charge < -0.3 is 20.1 Å². The number of nitrogens with one attached hydrogen (secondary N) is 2. The van der Waals surface area contributed by atoms with Gasteiger partial charge in [0, 0.05) is 23.2 Å². The van der Waals surface area contributed by atoms with Gasteiger partial charge >= 0.3 is 5.97 Å². The number of hydrogen-bond acceptors (Lipinski definition) is 8. The molecule has 1 aromatic heterocycles. The summed E-state index contributed by atoms with van der Waals surface area (Å²) >= 11 is 1.18. The monoisotopic (exact) mass is 554 g/mol. The number of thiazole rings is 1. The smallest absolute Gasteiger partial charge is 0.343 e. The van der Waals surface area contributed by atoms with Gasteiger partial charge in [0.2, 0.25) is 5.91 Å². The van der Waals surface area contributed by atoms with E-state index < -0.39 is 11.4 Å². The van der Waals surface area contributed by atoms with Crippen LogP contribution in [-0.4, -0.2) is 29.9 Å². The van der Waals surface area contributed by atoms with Crippen molar-refractivity contribution in [1.29, 1.82) is 5.26 Å². The zero-order valence-corrected chi connectivity index (χ0v) is 22.9. The summed E-state index contributed by atoms with van der Waals surface area (Å²) in [5.41, 5.74) is 1.63. The van der Waals surface area contributed by atoms with Crippen LogP contribution >= 0.6 is 11.3 Å². The van der Waals surface area contributed by atoms with Gasteiger partial charge in [-0.05, 0) is 68.7 Å². The van der Waals surface area contributed by atoms with Gasteiger partial charge in [-0.3, -0.25) is 9.59 Å². The topological polar surface area (TPSA) is 130 Å². The molecule has 2 amide bonds. The molecule has 10 heteroatoms. The average molecular weight is 555 g/mol. The molecule has 0 atom stereocenters. The van der Waals surface area contributed by atoms with Crippen LogP contribution in [0.2, 0.25) is 0 Å². The Morgan fingerprint density at radius 2 is 1.82 bits per heavy atom. The first kappa shape index (κ1) is 26.8. The number of amides is 2. The molecular weight excluding hydrogens is 528 g/mol. The zero-order chi connectivity index (χ0) is 28.4. The third-order valence-electron chi connectivity index (χ3n) is 6.53. The minimum Gasteiger partial charge on any atom is -0.465 e.